The number of hydrogen-bond acceptors (Lipinski definition) is 4. The second-order valence-electron chi connectivity index (χ2n) is 6.99. The van der Waals surface area contributed by atoms with E-state index in [9.17, 15) is 14.0 Å². The maximum atomic E-state index is 13.9. The molecule has 6 nitrogen and oxygen atoms in total. The van der Waals surface area contributed by atoms with E-state index >= 15 is 0 Å². The maximum absolute atomic E-state index is 13.9. The van der Waals surface area contributed by atoms with Gasteiger partial charge in [-0.15, -0.1) is 0 Å². The van der Waals surface area contributed by atoms with Crippen LogP contribution < -0.4 is 10.2 Å². The first-order valence-electron chi connectivity index (χ1n) is 9.44. The highest BCUT2D eigenvalue weighted by Crippen LogP contribution is 2.21. The van der Waals surface area contributed by atoms with Crippen molar-refractivity contribution >= 4 is 39.1 Å². The van der Waals surface area contributed by atoms with E-state index in [1.54, 1.807) is 25.2 Å². The molecule has 1 N–H and O–H groups in total. The number of amides is 2. The number of hydrogen-bond donors (Lipinski definition) is 1. The van der Waals surface area contributed by atoms with E-state index < -0.39 is 0 Å². The highest BCUT2D eigenvalue weighted by molar-refractivity contribution is 9.10. The van der Waals surface area contributed by atoms with Crippen LogP contribution in [0.15, 0.2) is 53.0 Å². The molecule has 1 aliphatic heterocycles. The van der Waals surface area contributed by atoms with Gasteiger partial charge in [-0.3, -0.25) is 14.5 Å². The lowest BCUT2D eigenvalue weighted by Gasteiger charge is -2.36. The van der Waals surface area contributed by atoms with Gasteiger partial charge in [0.2, 0.25) is 11.8 Å². The van der Waals surface area contributed by atoms with Gasteiger partial charge in [-0.1, -0.05) is 24.3 Å². The van der Waals surface area contributed by atoms with E-state index in [4.69, 9.17) is 0 Å². The molecule has 0 aromatic heterocycles. The van der Waals surface area contributed by atoms with E-state index in [1.165, 1.54) is 11.0 Å². The first kappa shape index (κ1) is 21.3. The molecule has 1 fully saturated rings. The van der Waals surface area contributed by atoms with Gasteiger partial charge < -0.3 is 15.1 Å². The van der Waals surface area contributed by atoms with Gasteiger partial charge in [0.1, 0.15) is 5.82 Å². The Bertz CT molecular complexity index is 871. The summed E-state index contributed by atoms with van der Waals surface area (Å²) < 4.78 is 14.7. The van der Waals surface area contributed by atoms with Crippen molar-refractivity contribution in [2.24, 2.45) is 0 Å². The molecule has 2 aromatic carbocycles. The van der Waals surface area contributed by atoms with Crippen molar-refractivity contribution in [3.63, 3.8) is 0 Å². The molecule has 0 aliphatic carbocycles. The van der Waals surface area contributed by atoms with Gasteiger partial charge in [0.05, 0.1) is 24.5 Å². The molecule has 2 aromatic rings. The van der Waals surface area contributed by atoms with Crippen LogP contribution in [0.2, 0.25) is 0 Å². The average molecular weight is 463 g/mol. The minimum Gasteiger partial charge on any atom is -0.367 e. The van der Waals surface area contributed by atoms with Gasteiger partial charge in [0.25, 0.3) is 0 Å². The first-order chi connectivity index (χ1) is 13.9. The lowest BCUT2D eigenvalue weighted by atomic mass is 10.2. The van der Waals surface area contributed by atoms with Crippen molar-refractivity contribution in [3.05, 3.63) is 58.8 Å². The number of benzene rings is 2. The number of likely N-dealkylation sites (N-methyl/N-ethyl adjacent to an activating group) is 1. The number of carbonyl (C=O) groups excluding carboxylic acids is 2. The van der Waals surface area contributed by atoms with Crippen molar-refractivity contribution in [1.29, 1.82) is 0 Å². The van der Waals surface area contributed by atoms with E-state index in [-0.39, 0.29) is 30.7 Å². The van der Waals surface area contributed by atoms with Crippen LogP contribution in [0.3, 0.4) is 0 Å². The predicted molar refractivity (Wildman–Crippen MR) is 115 cm³/mol. The lowest BCUT2D eigenvalue weighted by molar-refractivity contribution is -0.134. The molecular weight excluding hydrogens is 439 g/mol. The van der Waals surface area contributed by atoms with Gasteiger partial charge in [0.15, 0.2) is 0 Å². The molecular formula is C21H24BrFN4O2. The van der Waals surface area contributed by atoms with Crippen LogP contribution in [-0.4, -0.2) is 67.9 Å². The smallest absolute Gasteiger partial charge is 0.244 e. The van der Waals surface area contributed by atoms with Gasteiger partial charge in [0, 0.05) is 37.7 Å². The molecule has 0 atom stereocenters. The molecule has 2 amide bonds. The maximum Gasteiger partial charge on any atom is 0.244 e. The number of nitrogens with zero attached hydrogens (tertiary/aromatic N) is 3. The van der Waals surface area contributed by atoms with E-state index in [2.05, 4.69) is 21.2 Å². The minimum absolute atomic E-state index is 0.0185. The van der Waals surface area contributed by atoms with Crippen LogP contribution >= 0.6 is 15.9 Å². The third-order valence-electron chi connectivity index (χ3n) is 4.88. The van der Waals surface area contributed by atoms with E-state index in [0.29, 0.717) is 37.6 Å². The summed E-state index contributed by atoms with van der Waals surface area (Å²) in [6.07, 6.45) is 0. The summed E-state index contributed by atoms with van der Waals surface area (Å²) in [5.41, 5.74) is 1.27. The molecule has 1 saturated heterocycles. The molecule has 0 radical (unpaired) electrons. The SMILES string of the molecule is CN(CC(=O)Nc1ccccc1Br)C(=O)CN1CCN(c2ccccc2F)CC1. The summed E-state index contributed by atoms with van der Waals surface area (Å²) >= 11 is 3.38. The zero-order valence-corrected chi connectivity index (χ0v) is 17.9. The van der Waals surface area contributed by atoms with Crippen molar-refractivity contribution in [1.82, 2.24) is 9.80 Å². The minimum atomic E-state index is -0.253. The summed E-state index contributed by atoms with van der Waals surface area (Å²) in [4.78, 5) is 30.2. The molecule has 1 heterocycles. The first-order valence-corrected chi connectivity index (χ1v) is 10.2. The number of carbonyl (C=O) groups is 2. The number of rotatable bonds is 6. The van der Waals surface area contributed by atoms with Crippen molar-refractivity contribution in [2.45, 2.75) is 0 Å². The van der Waals surface area contributed by atoms with Crippen LogP contribution in [0.4, 0.5) is 15.8 Å². The predicted octanol–water partition coefficient (Wildman–Crippen LogP) is 2.81. The lowest BCUT2D eigenvalue weighted by Crippen LogP contribution is -2.50. The molecule has 0 saturated carbocycles. The van der Waals surface area contributed by atoms with Crippen LogP contribution in [-0.2, 0) is 9.59 Å². The normalized spacial score (nSPS) is 14.5. The fraction of sp³-hybridized carbons (Fsp3) is 0.333. The molecule has 8 heteroatoms. The Hall–Kier alpha value is -2.45. The molecule has 154 valence electrons. The zero-order chi connectivity index (χ0) is 20.8. The second kappa shape index (κ2) is 9.84. The highest BCUT2D eigenvalue weighted by atomic mass is 79.9. The Morgan fingerprint density at radius 1 is 1.07 bits per heavy atom. The Labute approximate surface area is 178 Å². The quantitative estimate of drug-likeness (QED) is 0.716. The number of halogens is 2. The molecule has 0 unspecified atom stereocenters. The topological polar surface area (TPSA) is 55.9 Å². The third kappa shape index (κ3) is 5.77. The zero-order valence-electron chi connectivity index (χ0n) is 16.3. The number of anilines is 2. The molecule has 0 bridgehead atoms. The fourth-order valence-corrected chi connectivity index (χ4v) is 3.61. The molecule has 0 spiro atoms. The van der Waals surface area contributed by atoms with E-state index in [0.717, 1.165) is 4.47 Å². The summed E-state index contributed by atoms with van der Waals surface area (Å²) in [5.74, 6) is -0.600. The largest absolute Gasteiger partial charge is 0.367 e. The van der Waals surface area contributed by atoms with Gasteiger partial charge in [-0.05, 0) is 40.2 Å². The monoisotopic (exact) mass is 462 g/mol. The Morgan fingerprint density at radius 3 is 2.41 bits per heavy atom. The van der Waals surface area contributed by atoms with Gasteiger partial charge >= 0.3 is 0 Å². The fourth-order valence-electron chi connectivity index (χ4n) is 3.22. The summed E-state index contributed by atoms with van der Waals surface area (Å²) in [5, 5.41) is 2.79. The van der Waals surface area contributed by atoms with Crippen molar-refractivity contribution in [2.75, 3.05) is 56.5 Å². The van der Waals surface area contributed by atoms with Gasteiger partial charge in [-0.2, -0.15) is 0 Å². The summed E-state index contributed by atoms with van der Waals surface area (Å²) in [7, 11) is 1.62. The van der Waals surface area contributed by atoms with Crippen LogP contribution in [0, 0.1) is 5.82 Å². The molecule has 3 rings (SSSR count). The van der Waals surface area contributed by atoms with Gasteiger partial charge in [-0.25, -0.2) is 4.39 Å². The average Bonchev–Trinajstić information content (AvgIpc) is 2.71. The Morgan fingerprint density at radius 2 is 1.72 bits per heavy atom. The number of piperazine rings is 1. The summed E-state index contributed by atoms with van der Waals surface area (Å²) in [6.45, 7) is 2.86. The standard InChI is InChI=1S/C21H24BrFN4O2/c1-25(14-20(28)24-18-8-4-2-6-16(18)22)21(29)15-26-10-12-27(13-11-26)19-9-5-3-7-17(19)23/h2-9H,10-15H2,1H3,(H,24,28). The van der Waals surface area contributed by atoms with Crippen LogP contribution in [0.25, 0.3) is 0 Å². The Balaban J connectivity index is 1.45. The van der Waals surface area contributed by atoms with Crippen LogP contribution in [0.1, 0.15) is 0 Å². The number of para-hydroxylation sites is 2. The number of nitrogens with one attached hydrogen (secondary N) is 1. The second-order valence-corrected chi connectivity index (χ2v) is 7.85. The highest BCUT2D eigenvalue weighted by Gasteiger charge is 2.22. The van der Waals surface area contributed by atoms with E-state index in [1.807, 2.05) is 34.1 Å². The van der Waals surface area contributed by atoms with Crippen LogP contribution in [0.5, 0.6) is 0 Å². The Kier molecular flexibility index (Phi) is 7.22. The van der Waals surface area contributed by atoms with Crippen molar-refractivity contribution < 1.29 is 14.0 Å². The summed E-state index contributed by atoms with van der Waals surface area (Å²) in [6, 6.07) is 14.0. The molecule has 29 heavy (non-hydrogen) atoms. The third-order valence-corrected chi connectivity index (χ3v) is 5.57. The molecule has 1 aliphatic rings. The van der Waals surface area contributed by atoms with Crippen molar-refractivity contribution in [3.8, 4) is 0 Å².